The molecule has 1 unspecified atom stereocenters. The maximum absolute atomic E-state index is 12.4. The van der Waals surface area contributed by atoms with Crippen LogP contribution in [0.4, 0.5) is 0 Å². The van der Waals surface area contributed by atoms with Crippen LogP contribution in [0.25, 0.3) is 0 Å². The van der Waals surface area contributed by atoms with Crippen LogP contribution in [-0.4, -0.2) is 12.5 Å². The molecule has 0 fully saturated rings. The molecule has 1 heterocycles. The second-order valence-electron chi connectivity index (χ2n) is 5.85. The third-order valence-corrected chi connectivity index (χ3v) is 4.83. The van der Waals surface area contributed by atoms with Crippen LogP contribution in [0.3, 0.4) is 0 Å². The van der Waals surface area contributed by atoms with Crippen molar-refractivity contribution >= 4 is 17.2 Å². The third kappa shape index (κ3) is 4.50. The SMILES string of the molecule is Cc1ccc(C(NC(=O)COc2ccc(C#N)cc2)c2cccs2)cc1. The monoisotopic (exact) mass is 362 g/mol. The summed E-state index contributed by atoms with van der Waals surface area (Å²) in [5.41, 5.74) is 2.76. The molecular weight excluding hydrogens is 344 g/mol. The highest BCUT2D eigenvalue weighted by molar-refractivity contribution is 7.10. The van der Waals surface area contributed by atoms with Gasteiger partial charge in [0.2, 0.25) is 0 Å². The number of ether oxygens (including phenoxy) is 1. The van der Waals surface area contributed by atoms with E-state index in [9.17, 15) is 4.79 Å². The van der Waals surface area contributed by atoms with Crippen LogP contribution < -0.4 is 10.1 Å². The molecule has 0 aliphatic carbocycles. The Balaban J connectivity index is 1.67. The summed E-state index contributed by atoms with van der Waals surface area (Å²) < 4.78 is 5.52. The molecule has 130 valence electrons. The fourth-order valence-electron chi connectivity index (χ4n) is 2.51. The minimum absolute atomic E-state index is 0.0837. The molecule has 1 aromatic heterocycles. The Kier molecular flexibility index (Phi) is 5.67. The summed E-state index contributed by atoms with van der Waals surface area (Å²) in [5.74, 6) is 0.357. The summed E-state index contributed by atoms with van der Waals surface area (Å²) in [4.78, 5) is 13.5. The standard InChI is InChI=1S/C21H18N2O2S/c1-15-4-8-17(9-5-15)21(19-3-2-12-26-19)23-20(24)14-25-18-10-6-16(13-22)7-11-18/h2-12,21H,14H2,1H3,(H,23,24). The van der Waals surface area contributed by atoms with Gasteiger partial charge < -0.3 is 10.1 Å². The Morgan fingerprint density at radius 3 is 2.50 bits per heavy atom. The first-order chi connectivity index (χ1) is 12.7. The van der Waals surface area contributed by atoms with Crippen molar-refractivity contribution in [2.45, 2.75) is 13.0 Å². The number of rotatable bonds is 6. The van der Waals surface area contributed by atoms with Gasteiger partial charge in [0.15, 0.2) is 6.61 Å². The molecule has 0 aliphatic heterocycles. The van der Waals surface area contributed by atoms with Crippen molar-refractivity contribution in [2.75, 3.05) is 6.61 Å². The van der Waals surface area contributed by atoms with Gasteiger partial charge in [0, 0.05) is 4.88 Å². The van der Waals surface area contributed by atoms with Gasteiger partial charge >= 0.3 is 0 Å². The van der Waals surface area contributed by atoms with Crippen molar-refractivity contribution in [1.82, 2.24) is 5.32 Å². The summed E-state index contributed by atoms with van der Waals surface area (Å²) in [6.07, 6.45) is 0. The van der Waals surface area contributed by atoms with Crippen molar-refractivity contribution in [3.63, 3.8) is 0 Å². The van der Waals surface area contributed by atoms with Crippen LogP contribution >= 0.6 is 11.3 Å². The lowest BCUT2D eigenvalue weighted by molar-refractivity contribution is -0.123. The molecule has 0 saturated carbocycles. The van der Waals surface area contributed by atoms with Crippen LogP contribution in [0, 0.1) is 18.3 Å². The molecule has 1 amide bonds. The lowest BCUT2D eigenvalue weighted by Gasteiger charge is -2.18. The van der Waals surface area contributed by atoms with E-state index in [1.165, 1.54) is 5.56 Å². The average Bonchev–Trinajstić information content (AvgIpc) is 3.20. The number of benzene rings is 2. The van der Waals surface area contributed by atoms with Gasteiger partial charge in [-0.3, -0.25) is 4.79 Å². The second kappa shape index (κ2) is 8.32. The van der Waals surface area contributed by atoms with Gasteiger partial charge in [0.1, 0.15) is 5.75 Å². The summed E-state index contributed by atoms with van der Waals surface area (Å²) >= 11 is 1.60. The van der Waals surface area contributed by atoms with E-state index in [1.54, 1.807) is 35.6 Å². The number of nitrogens with zero attached hydrogens (tertiary/aromatic N) is 1. The molecule has 4 nitrogen and oxygen atoms in total. The van der Waals surface area contributed by atoms with Gasteiger partial charge in [-0.05, 0) is 48.2 Å². The van der Waals surface area contributed by atoms with E-state index in [1.807, 2.05) is 54.8 Å². The van der Waals surface area contributed by atoms with Crippen LogP contribution in [0.15, 0.2) is 66.0 Å². The Morgan fingerprint density at radius 2 is 1.88 bits per heavy atom. The summed E-state index contributed by atoms with van der Waals surface area (Å²) in [6, 6.07) is 20.7. The third-order valence-electron chi connectivity index (χ3n) is 3.90. The van der Waals surface area contributed by atoms with E-state index in [2.05, 4.69) is 5.32 Å². The van der Waals surface area contributed by atoms with Crippen molar-refractivity contribution in [3.8, 4) is 11.8 Å². The Labute approximate surface area is 156 Å². The predicted octanol–water partition coefficient (Wildman–Crippen LogP) is 4.21. The van der Waals surface area contributed by atoms with Gasteiger partial charge in [-0.15, -0.1) is 11.3 Å². The minimum Gasteiger partial charge on any atom is -0.484 e. The molecule has 1 N–H and O–H groups in total. The summed E-state index contributed by atoms with van der Waals surface area (Å²) in [6.45, 7) is 1.95. The number of amides is 1. The van der Waals surface area contributed by atoms with Crippen LogP contribution in [0.2, 0.25) is 0 Å². The zero-order valence-electron chi connectivity index (χ0n) is 14.3. The maximum atomic E-state index is 12.4. The van der Waals surface area contributed by atoms with E-state index in [4.69, 9.17) is 10.00 Å². The first-order valence-corrected chi connectivity index (χ1v) is 9.06. The Morgan fingerprint density at radius 1 is 1.15 bits per heavy atom. The molecule has 5 heteroatoms. The second-order valence-corrected chi connectivity index (χ2v) is 6.83. The molecule has 0 aliphatic rings. The van der Waals surface area contributed by atoms with Crippen molar-refractivity contribution in [2.24, 2.45) is 0 Å². The van der Waals surface area contributed by atoms with Crippen LogP contribution in [0.5, 0.6) is 5.75 Å². The molecule has 26 heavy (non-hydrogen) atoms. The van der Waals surface area contributed by atoms with E-state index in [0.717, 1.165) is 10.4 Å². The summed E-state index contributed by atoms with van der Waals surface area (Å²) in [7, 11) is 0. The molecule has 2 aromatic carbocycles. The number of thiophene rings is 1. The highest BCUT2D eigenvalue weighted by Crippen LogP contribution is 2.26. The van der Waals surface area contributed by atoms with Gasteiger partial charge in [-0.1, -0.05) is 35.9 Å². The molecule has 3 aromatic rings. The maximum Gasteiger partial charge on any atom is 0.258 e. The topological polar surface area (TPSA) is 62.1 Å². The van der Waals surface area contributed by atoms with E-state index < -0.39 is 0 Å². The number of hydrogen-bond acceptors (Lipinski definition) is 4. The minimum atomic E-state index is -0.201. The fourth-order valence-corrected chi connectivity index (χ4v) is 3.31. The zero-order valence-corrected chi connectivity index (χ0v) is 15.1. The quantitative estimate of drug-likeness (QED) is 0.714. The first-order valence-electron chi connectivity index (χ1n) is 8.18. The molecule has 3 rings (SSSR count). The molecule has 0 bridgehead atoms. The number of nitrogens with one attached hydrogen (secondary N) is 1. The van der Waals surface area contributed by atoms with Gasteiger partial charge in [-0.2, -0.15) is 5.26 Å². The Bertz CT molecular complexity index is 895. The molecule has 0 saturated heterocycles. The number of hydrogen-bond donors (Lipinski definition) is 1. The lowest BCUT2D eigenvalue weighted by Crippen LogP contribution is -2.32. The van der Waals surface area contributed by atoms with Crippen molar-refractivity contribution in [3.05, 3.63) is 87.6 Å². The van der Waals surface area contributed by atoms with E-state index >= 15 is 0 Å². The van der Waals surface area contributed by atoms with Crippen LogP contribution in [-0.2, 0) is 4.79 Å². The van der Waals surface area contributed by atoms with E-state index in [-0.39, 0.29) is 18.6 Å². The van der Waals surface area contributed by atoms with E-state index in [0.29, 0.717) is 11.3 Å². The average molecular weight is 362 g/mol. The molecule has 0 spiro atoms. The lowest BCUT2D eigenvalue weighted by atomic mass is 10.0. The summed E-state index contributed by atoms with van der Waals surface area (Å²) in [5, 5.41) is 13.8. The van der Waals surface area contributed by atoms with Gasteiger partial charge in [0.25, 0.3) is 5.91 Å². The van der Waals surface area contributed by atoms with Crippen molar-refractivity contribution < 1.29 is 9.53 Å². The predicted molar refractivity (Wildman–Crippen MR) is 102 cm³/mol. The largest absolute Gasteiger partial charge is 0.484 e. The highest BCUT2D eigenvalue weighted by atomic mass is 32.1. The highest BCUT2D eigenvalue weighted by Gasteiger charge is 2.18. The van der Waals surface area contributed by atoms with Crippen molar-refractivity contribution in [1.29, 1.82) is 5.26 Å². The number of aryl methyl sites for hydroxylation is 1. The molecular formula is C21H18N2O2S. The Hall–Kier alpha value is -3.10. The number of carbonyl (C=O) groups is 1. The normalized spacial score (nSPS) is 11.4. The van der Waals surface area contributed by atoms with Crippen LogP contribution in [0.1, 0.15) is 27.6 Å². The van der Waals surface area contributed by atoms with Gasteiger partial charge in [0.05, 0.1) is 17.7 Å². The molecule has 1 atom stereocenters. The number of carbonyl (C=O) groups excluding carboxylic acids is 1. The first kappa shape index (κ1) is 17.7. The number of nitriles is 1. The fraction of sp³-hybridized carbons (Fsp3) is 0.143. The zero-order chi connectivity index (χ0) is 18.4. The van der Waals surface area contributed by atoms with Gasteiger partial charge in [-0.25, -0.2) is 0 Å². The smallest absolute Gasteiger partial charge is 0.258 e. The molecule has 0 radical (unpaired) electrons.